The normalized spacial score (nSPS) is 13.8. The van der Waals surface area contributed by atoms with Crippen LogP contribution in [0.5, 0.6) is 5.75 Å². The maximum Gasteiger partial charge on any atom is 0.231 e. The average Bonchev–Trinajstić information content (AvgIpc) is 3.36. The summed E-state index contributed by atoms with van der Waals surface area (Å²) in [6.45, 7) is 15.1. The highest BCUT2D eigenvalue weighted by molar-refractivity contribution is 7.82. The van der Waals surface area contributed by atoms with Gasteiger partial charge >= 0.3 is 0 Å². The van der Waals surface area contributed by atoms with Crippen molar-refractivity contribution < 1.29 is 8.95 Å². The summed E-state index contributed by atoms with van der Waals surface area (Å²) >= 11 is 0. The summed E-state index contributed by atoms with van der Waals surface area (Å²) in [4.78, 5) is 10.3. The second-order valence-corrected chi connectivity index (χ2v) is 13.9. The maximum atomic E-state index is 13.0. The first kappa shape index (κ1) is 33.4. The van der Waals surface area contributed by atoms with E-state index in [1.807, 2.05) is 45.0 Å². The van der Waals surface area contributed by atoms with E-state index in [4.69, 9.17) is 14.7 Å². The van der Waals surface area contributed by atoms with Crippen molar-refractivity contribution in [2.24, 2.45) is 5.92 Å². The Kier molecular flexibility index (Phi) is 11.4. The van der Waals surface area contributed by atoms with E-state index in [0.717, 1.165) is 41.3 Å². The van der Waals surface area contributed by atoms with Crippen LogP contribution in [0.15, 0.2) is 41.3 Å². The largest absolute Gasteiger partial charge is 0.489 e. The highest BCUT2D eigenvalue weighted by Crippen LogP contribution is 2.39. The molecule has 3 N–H and O–H groups in total. The third kappa shape index (κ3) is 7.95. The molecule has 0 spiro atoms. The van der Waals surface area contributed by atoms with Crippen molar-refractivity contribution in [2.45, 2.75) is 97.5 Å². The van der Waals surface area contributed by atoms with Gasteiger partial charge in [-0.3, -0.25) is 5.10 Å². The third-order valence-corrected chi connectivity index (χ3v) is 9.41. The Morgan fingerprint density at radius 1 is 0.977 bits per heavy atom. The number of aromatic nitrogens is 4. The molecule has 4 rings (SSSR count). The van der Waals surface area contributed by atoms with Gasteiger partial charge in [-0.2, -0.15) is 15.1 Å². The fourth-order valence-electron chi connectivity index (χ4n) is 5.47. The predicted octanol–water partition coefficient (Wildman–Crippen LogP) is 8.54. The summed E-state index contributed by atoms with van der Waals surface area (Å²) in [5, 5.41) is 15.1. The number of para-hydroxylation sites is 1. The Labute approximate surface area is 265 Å². The van der Waals surface area contributed by atoms with Crippen molar-refractivity contribution in [3.63, 3.8) is 0 Å². The van der Waals surface area contributed by atoms with Gasteiger partial charge in [-0.15, -0.1) is 0 Å². The Morgan fingerprint density at radius 3 is 2.41 bits per heavy atom. The van der Waals surface area contributed by atoms with Crippen LogP contribution in [-0.2, 0) is 11.0 Å². The second kappa shape index (κ2) is 15.0. The molecule has 0 bridgehead atoms. The van der Waals surface area contributed by atoms with Crippen LogP contribution < -0.4 is 15.4 Å². The van der Waals surface area contributed by atoms with Crippen LogP contribution in [0.25, 0.3) is 11.0 Å². The third-order valence-electron chi connectivity index (χ3n) is 8.01. The molecule has 9 nitrogen and oxygen atoms in total. The Hall–Kier alpha value is -3.50. The fourth-order valence-corrected chi connectivity index (χ4v) is 6.36. The molecule has 2 aromatic carbocycles. The van der Waals surface area contributed by atoms with Gasteiger partial charge in [-0.25, -0.2) is 8.51 Å². The molecule has 44 heavy (non-hydrogen) atoms. The lowest BCUT2D eigenvalue weighted by atomic mass is 9.84. The highest BCUT2D eigenvalue weighted by atomic mass is 32.2. The summed E-state index contributed by atoms with van der Waals surface area (Å²) in [5.41, 5.74) is 5.45. The predicted molar refractivity (Wildman–Crippen MR) is 183 cm³/mol. The molecule has 3 unspecified atom stereocenters. The molecular formula is C34H49N7O2S. The first-order valence-corrected chi connectivity index (χ1v) is 16.9. The average molecular weight is 620 g/mol. The van der Waals surface area contributed by atoms with Crippen molar-refractivity contribution in [2.75, 3.05) is 24.7 Å². The summed E-state index contributed by atoms with van der Waals surface area (Å²) in [6, 6.07) is 11.9. The summed E-state index contributed by atoms with van der Waals surface area (Å²) in [6.07, 6.45) is 5.89. The van der Waals surface area contributed by atoms with Gasteiger partial charge in [0.2, 0.25) is 5.95 Å². The second-order valence-electron chi connectivity index (χ2n) is 12.2. The lowest BCUT2D eigenvalue weighted by Gasteiger charge is -2.24. The number of hydrogen-bond acceptors (Lipinski definition) is 7. The topological polar surface area (TPSA) is 108 Å². The zero-order valence-electron chi connectivity index (χ0n) is 27.7. The number of hydrogen-bond donors (Lipinski definition) is 3. The molecule has 0 fully saturated rings. The van der Waals surface area contributed by atoms with Crippen molar-refractivity contribution in [3.8, 4) is 5.75 Å². The first-order chi connectivity index (χ1) is 21.0. The van der Waals surface area contributed by atoms with E-state index >= 15 is 0 Å². The minimum Gasteiger partial charge on any atom is -0.489 e. The SMILES string of the molecule is CCCC(CCC(C)CC)c1cc(OC(C)C)c(Nc2nc(Nc3ccccc3S(=O)N(C)C)c3c(C)[nH]nc3n2)cc1C. The van der Waals surface area contributed by atoms with Crippen molar-refractivity contribution >= 4 is 45.2 Å². The number of nitrogens with one attached hydrogen (secondary N) is 3. The molecule has 2 heterocycles. The van der Waals surface area contributed by atoms with Crippen LogP contribution in [-0.4, -0.2) is 48.9 Å². The van der Waals surface area contributed by atoms with Gasteiger partial charge in [-0.05, 0) is 102 Å². The standard InChI is InChI=1S/C34H49N7O2S/c1-10-14-25(18-17-22(5)11-2)26-20-29(43-21(3)4)28(19-23(26)6)36-34-37-32(31-24(7)39-40-33(31)38-34)35-27-15-12-13-16-30(27)44(42)41(8)9/h12-13,15-16,19-22,25H,10-11,14,17-18H2,1-9H3,(H3,35,36,37,38,39,40). The summed E-state index contributed by atoms with van der Waals surface area (Å²) in [7, 11) is 2.24. The molecule has 238 valence electrons. The number of rotatable bonds is 15. The van der Waals surface area contributed by atoms with Crippen LogP contribution in [0.2, 0.25) is 0 Å². The van der Waals surface area contributed by atoms with Gasteiger partial charge in [0.25, 0.3) is 0 Å². The number of fused-ring (bicyclic) bond motifs is 1. The smallest absolute Gasteiger partial charge is 0.231 e. The van der Waals surface area contributed by atoms with Crippen LogP contribution in [0.4, 0.5) is 23.1 Å². The number of anilines is 4. The van der Waals surface area contributed by atoms with Gasteiger partial charge in [0.1, 0.15) is 22.6 Å². The van der Waals surface area contributed by atoms with Gasteiger partial charge in [0.05, 0.1) is 27.8 Å². The molecule has 0 aliphatic rings. The number of H-pyrrole nitrogens is 1. The molecule has 0 saturated heterocycles. The molecular weight excluding hydrogens is 570 g/mol. The fraction of sp³-hybridized carbons (Fsp3) is 0.500. The molecule has 0 amide bonds. The van der Waals surface area contributed by atoms with Crippen molar-refractivity contribution in [3.05, 3.63) is 53.2 Å². The minimum atomic E-state index is -1.34. The number of ether oxygens (including phenoxy) is 1. The molecule has 2 aromatic heterocycles. The van der Waals surface area contributed by atoms with E-state index in [1.165, 1.54) is 30.4 Å². The lowest BCUT2D eigenvalue weighted by molar-refractivity contribution is 0.243. The highest BCUT2D eigenvalue weighted by Gasteiger charge is 2.21. The van der Waals surface area contributed by atoms with Gasteiger partial charge < -0.3 is 15.4 Å². The van der Waals surface area contributed by atoms with E-state index < -0.39 is 11.0 Å². The van der Waals surface area contributed by atoms with Crippen LogP contribution in [0.3, 0.4) is 0 Å². The molecule has 10 heteroatoms. The lowest BCUT2D eigenvalue weighted by Crippen LogP contribution is -2.16. The monoisotopic (exact) mass is 619 g/mol. The van der Waals surface area contributed by atoms with E-state index in [9.17, 15) is 4.21 Å². The number of benzene rings is 2. The minimum absolute atomic E-state index is 0.000435. The number of aromatic amines is 1. The van der Waals surface area contributed by atoms with Crippen LogP contribution in [0.1, 0.15) is 89.5 Å². The molecule has 0 aliphatic carbocycles. The molecule has 3 atom stereocenters. The number of aryl methyl sites for hydroxylation is 2. The Balaban J connectivity index is 1.74. The van der Waals surface area contributed by atoms with E-state index in [0.29, 0.717) is 33.9 Å². The van der Waals surface area contributed by atoms with Gasteiger partial charge in [-0.1, -0.05) is 52.2 Å². The number of nitrogens with zero attached hydrogens (tertiary/aromatic N) is 4. The quantitative estimate of drug-likeness (QED) is 0.122. The van der Waals surface area contributed by atoms with Crippen LogP contribution >= 0.6 is 0 Å². The molecule has 0 aliphatic heterocycles. The Morgan fingerprint density at radius 2 is 1.73 bits per heavy atom. The zero-order valence-corrected chi connectivity index (χ0v) is 28.6. The first-order valence-electron chi connectivity index (χ1n) is 15.8. The van der Waals surface area contributed by atoms with Crippen LogP contribution in [0, 0.1) is 19.8 Å². The molecule has 0 radical (unpaired) electrons. The van der Waals surface area contributed by atoms with Gasteiger partial charge in [0, 0.05) is 5.69 Å². The Bertz CT molecular complexity index is 1580. The van der Waals surface area contributed by atoms with E-state index in [2.05, 4.69) is 60.7 Å². The maximum absolute atomic E-state index is 13.0. The van der Waals surface area contributed by atoms with Gasteiger partial charge in [0.15, 0.2) is 5.65 Å². The molecule has 4 aromatic rings. The van der Waals surface area contributed by atoms with E-state index in [1.54, 1.807) is 18.4 Å². The molecule has 0 saturated carbocycles. The zero-order chi connectivity index (χ0) is 32.0. The van der Waals surface area contributed by atoms with E-state index in [-0.39, 0.29) is 6.10 Å². The van der Waals surface area contributed by atoms with Crippen molar-refractivity contribution in [1.82, 2.24) is 24.5 Å². The van der Waals surface area contributed by atoms with Crippen molar-refractivity contribution in [1.29, 1.82) is 0 Å². The summed E-state index contributed by atoms with van der Waals surface area (Å²) < 4.78 is 21.1. The summed E-state index contributed by atoms with van der Waals surface area (Å²) in [5.74, 6) is 2.95.